The van der Waals surface area contributed by atoms with E-state index in [2.05, 4.69) is 10.6 Å². The zero-order valence-corrected chi connectivity index (χ0v) is 20.1. The van der Waals surface area contributed by atoms with Crippen molar-refractivity contribution in [3.8, 4) is 5.75 Å². The average molecular weight is 517 g/mol. The fraction of sp³-hybridized carbons (Fsp3) is 0.500. The molecule has 3 aliphatic heterocycles. The Hall–Kier alpha value is -4.00. The van der Waals surface area contributed by atoms with Gasteiger partial charge < -0.3 is 24.8 Å². The first-order valence-corrected chi connectivity index (χ1v) is 12.1. The summed E-state index contributed by atoms with van der Waals surface area (Å²) >= 11 is 0. The largest absolute Gasteiger partial charge is 0.483 e. The Kier molecular flexibility index (Phi) is 8.01. The molecule has 2 saturated heterocycles. The number of nitrogens with one attached hydrogen (secondary N) is 2. The lowest BCUT2D eigenvalue weighted by Crippen LogP contribution is -2.54. The molecule has 1 atom stereocenters. The minimum atomic E-state index is -1.09. The Morgan fingerprint density at radius 3 is 2.54 bits per heavy atom. The van der Waals surface area contributed by atoms with Gasteiger partial charge in [0.1, 0.15) is 11.8 Å². The number of ether oxygens (including phenoxy) is 2. The van der Waals surface area contributed by atoms with E-state index in [1.54, 1.807) is 4.90 Å². The van der Waals surface area contributed by atoms with Gasteiger partial charge in [-0.25, -0.2) is 4.79 Å². The van der Waals surface area contributed by atoms with Crippen LogP contribution in [0.3, 0.4) is 0 Å². The lowest BCUT2D eigenvalue weighted by atomic mass is 10.0. The Labute approximate surface area is 212 Å². The van der Waals surface area contributed by atoms with Crippen molar-refractivity contribution in [1.82, 2.24) is 20.4 Å². The Morgan fingerprint density at radius 2 is 1.84 bits per heavy atom. The van der Waals surface area contributed by atoms with Crippen LogP contribution in [0.1, 0.15) is 52.8 Å². The molecule has 198 valence electrons. The van der Waals surface area contributed by atoms with Crippen molar-refractivity contribution in [2.75, 3.05) is 32.8 Å². The molecule has 3 N–H and O–H groups in total. The number of rotatable bonds is 9. The highest BCUT2D eigenvalue weighted by atomic mass is 16.5. The summed E-state index contributed by atoms with van der Waals surface area (Å²) < 4.78 is 11.4. The molecule has 0 radical (unpaired) electrons. The molecule has 1 aromatic carbocycles. The summed E-state index contributed by atoms with van der Waals surface area (Å²) in [6.45, 7) is 1.33. The second kappa shape index (κ2) is 11.4. The molecule has 3 heterocycles. The van der Waals surface area contributed by atoms with Gasteiger partial charge in [-0.05, 0) is 37.8 Å². The minimum absolute atomic E-state index is 0.00510. The molecule has 0 spiro atoms. The van der Waals surface area contributed by atoms with Gasteiger partial charge in [-0.2, -0.15) is 0 Å². The Balaban J connectivity index is 1.29. The summed E-state index contributed by atoms with van der Waals surface area (Å²) in [6, 6.07) is 3.40. The van der Waals surface area contributed by atoms with Gasteiger partial charge in [-0.15, -0.1) is 0 Å². The van der Waals surface area contributed by atoms with Gasteiger partial charge in [0.15, 0.2) is 6.61 Å². The molecule has 0 bridgehead atoms. The van der Waals surface area contributed by atoms with Gasteiger partial charge in [0, 0.05) is 32.7 Å². The lowest BCUT2D eigenvalue weighted by molar-refractivity contribution is -0.137. The fourth-order valence-corrected chi connectivity index (χ4v) is 4.62. The molecule has 13 nitrogen and oxygen atoms in total. The number of carbonyl (C=O) groups excluding carboxylic acids is 5. The van der Waals surface area contributed by atoms with Crippen molar-refractivity contribution >= 4 is 35.6 Å². The molecule has 0 saturated carbocycles. The molecule has 13 heteroatoms. The van der Waals surface area contributed by atoms with Crippen LogP contribution in [-0.4, -0.2) is 95.5 Å². The number of hydrogen-bond acceptors (Lipinski definition) is 8. The Morgan fingerprint density at radius 1 is 1.08 bits per heavy atom. The number of nitrogens with zero attached hydrogens (tertiary/aromatic N) is 2. The number of amides is 6. The van der Waals surface area contributed by atoms with E-state index in [0.29, 0.717) is 45.5 Å². The molecule has 37 heavy (non-hydrogen) atoms. The number of imide groups is 2. The standard InChI is InChI=1S/C24H28N4O9/c29-18-6-5-16(21(31)26-18)28-22(32)15-3-1-4-17(20(15)23(28)33)37-13-19(30)27-10-7-14(8-11-27)36-12-2-9-25-24(34)35/h1,3-4,14,16,25H,2,5-13H2,(H,34,35)(H,26,29,31). The molecule has 4 rings (SSSR count). The van der Waals surface area contributed by atoms with Crippen LogP contribution >= 0.6 is 0 Å². The smallest absolute Gasteiger partial charge is 0.404 e. The lowest BCUT2D eigenvalue weighted by Gasteiger charge is -2.32. The maximum Gasteiger partial charge on any atom is 0.404 e. The number of hydrogen-bond donors (Lipinski definition) is 3. The summed E-state index contributed by atoms with van der Waals surface area (Å²) in [6.07, 6.45) is 0.795. The van der Waals surface area contributed by atoms with E-state index in [1.807, 2.05) is 0 Å². The van der Waals surface area contributed by atoms with Crippen molar-refractivity contribution in [3.63, 3.8) is 0 Å². The van der Waals surface area contributed by atoms with E-state index in [9.17, 15) is 28.8 Å². The number of piperidine rings is 2. The van der Waals surface area contributed by atoms with Gasteiger partial charge >= 0.3 is 6.09 Å². The number of likely N-dealkylation sites (tertiary alicyclic amines) is 1. The Bertz CT molecular complexity index is 1110. The second-order valence-electron chi connectivity index (χ2n) is 8.95. The summed E-state index contributed by atoms with van der Waals surface area (Å²) in [4.78, 5) is 75.4. The average Bonchev–Trinajstić information content (AvgIpc) is 3.13. The van der Waals surface area contributed by atoms with Gasteiger partial charge in [0.25, 0.3) is 17.7 Å². The maximum atomic E-state index is 13.1. The zero-order chi connectivity index (χ0) is 26.5. The third-order valence-corrected chi connectivity index (χ3v) is 6.53. The minimum Gasteiger partial charge on any atom is -0.483 e. The molecular formula is C24H28N4O9. The van der Waals surface area contributed by atoms with Crippen LogP contribution in [-0.2, 0) is 19.1 Å². The summed E-state index contributed by atoms with van der Waals surface area (Å²) in [5.74, 6) is -2.70. The maximum absolute atomic E-state index is 13.1. The summed E-state index contributed by atoms with van der Waals surface area (Å²) in [7, 11) is 0. The van der Waals surface area contributed by atoms with Crippen molar-refractivity contribution in [2.45, 2.75) is 44.2 Å². The summed E-state index contributed by atoms with van der Waals surface area (Å²) in [5.41, 5.74) is 0.0747. The third kappa shape index (κ3) is 5.88. The van der Waals surface area contributed by atoms with E-state index in [0.717, 1.165) is 4.90 Å². The van der Waals surface area contributed by atoms with Crippen LogP contribution in [0.25, 0.3) is 0 Å². The SMILES string of the molecule is O=C(O)NCCCOC1CCN(C(=O)COc2cccc3c2C(=O)N(C2CCC(=O)NC2=O)C3=O)CC1. The number of benzene rings is 1. The highest BCUT2D eigenvalue weighted by molar-refractivity contribution is 6.24. The second-order valence-corrected chi connectivity index (χ2v) is 8.95. The number of carboxylic acid groups (broad SMARTS) is 1. The highest BCUT2D eigenvalue weighted by Crippen LogP contribution is 2.33. The predicted molar refractivity (Wildman–Crippen MR) is 125 cm³/mol. The van der Waals surface area contributed by atoms with E-state index in [4.69, 9.17) is 14.6 Å². The first kappa shape index (κ1) is 26.1. The highest BCUT2D eigenvalue weighted by Gasteiger charge is 2.46. The zero-order valence-electron chi connectivity index (χ0n) is 20.1. The van der Waals surface area contributed by atoms with Gasteiger partial charge in [-0.3, -0.25) is 34.2 Å². The topological polar surface area (TPSA) is 172 Å². The quantitative estimate of drug-likeness (QED) is 0.305. The van der Waals surface area contributed by atoms with Crippen LogP contribution in [0, 0.1) is 0 Å². The third-order valence-electron chi connectivity index (χ3n) is 6.53. The van der Waals surface area contributed by atoms with Crippen molar-refractivity contribution in [3.05, 3.63) is 29.3 Å². The van der Waals surface area contributed by atoms with Crippen LogP contribution in [0.4, 0.5) is 4.79 Å². The van der Waals surface area contributed by atoms with Crippen molar-refractivity contribution < 1.29 is 43.3 Å². The number of carbonyl (C=O) groups is 6. The van der Waals surface area contributed by atoms with Gasteiger partial charge in [0.2, 0.25) is 11.8 Å². The van der Waals surface area contributed by atoms with E-state index >= 15 is 0 Å². The fourth-order valence-electron chi connectivity index (χ4n) is 4.62. The first-order valence-electron chi connectivity index (χ1n) is 12.1. The molecule has 0 aliphatic carbocycles. The molecule has 3 aliphatic rings. The van der Waals surface area contributed by atoms with Gasteiger partial charge in [0.05, 0.1) is 17.2 Å². The van der Waals surface area contributed by atoms with Crippen molar-refractivity contribution in [2.24, 2.45) is 0 Å². The molecule has 1 aromatic rings. The van der Waals surface area contributed by atoms with E-state index < -0.39 is 35.8 Å². The molecule has 6 amide bonds. The van der Waals surface area contributed by atoms with E-state index in [1.165, 1.54) is 18.2 Å². The summed E-state index contributed by atoms with van der Waals surface area (Å²) in [5, 5.41) is 13.0. The monoisotopic (exact) mass is 516 g/mol. The van der Waals surface area contributed by atoms with E-state index in [-0.39, 0.29) is 48.3 Å². The van der Waals surface area contributed by atoms with Crippen LogP contribution in [0.15, 0.2) is 18.2 Å². The first-order chi connectivity index (χ1) is 17.8. The van der Waals surface area contributed by atoms with Crippen LogP contribution < -0.4 is 15.4 Å². The van der Waals surface area contributed by atoms with Crippen LogP contribution in [0.5, 0.6) is 5.75 Å². The number of fused-ring (bicyclic) bond motifs is 1. The molecule has 2 fully saturated rings. The van der Waals surface area contributed by atoms with Gasteiger partial charge in [-0.1, -0.05) is 6.07 Å². The molecular weight excluding hydrogens is 488 g/mol. The normalized spacial score (nSPS) is 20.1. The van der Waals surface area contributed by atoms with Crippen LogP contribution in [0.2, 0.25) is 0 Å². The molecule has 0 aromatic heterocycles. The molecule has 1 unspecified atom stereocenters. The van der Waals surface area contributed by atoms with Crippen molar-refractivity contribution in [1.29, 1.82) is 0 Å². The predicted octanol–water partition coefficient (Wildman–Crippen LogP) is 0.132.